The molecule has 0 radical (unpaired) electrons. The van der Waals surface area contributed by atoms with Crippen molar-refractivity contribution in [2.75, 3.05) is 32.7 Å². The minimum atomic E-state index is -1.53. The summed E-state index contributed by atoms with van der Waals surface area (Å²) in [7, 11) is 2.36. The highest BCUT2D eigenvalue weighted by molar-refractivity contribution is 6.10. The maximum Gasteiger partial charge on any atom is 0.340 e. The van der Waals surface area contributed by atoms with Gasteiger partial charge < -0.3 is 24.8 Å². The Morgan fingerprint density at radius 3 is 2.18 bits per heavy atom. The van der Waals surface area contributed by atoms with Crippen LogP contribution < -0.4 is 15.4 Å². The molecule has 0 saturated carbocycles. The number of ether oxygens (including phenoxy) is 3. The molecule has 200 valence electrons. The molecule has 1 unspecified atom stereocenters. The lowest BCUT2D eigenvalue weighted by atomic mass is 10.1. The molecule has 2 amide bonds. The molecule has 1 atom stereocenters. The van der Waals surface area contributed by atoms with Gasteiger partial charge in [-0.1, -0.05) is 6.58 Å². The number of methoxy groups -OCH3 is 2. The number of azo groups is 1. The van der Waals surface area contributed by atoms with E-state index >= 15 is 0 Å². The van der Waals surface area contributed by atoms with E-state index in [0.717, 1.165) is 0 Å². The molecule has 0 aromatic heterocycles. The molecule has 0 fully saturated rings. The van der Waals surface area contributed by atoms with Crippen molar-refractivity contribution in [1.29, 1.82) is 0 Å². The molecule has 0 heterocycles. The van der Waals surface area contributed by atoms with Crippen LogP contribution in [0.5, 0.6) is 5.75 Å². The van der Waals surface area contributed by atoms with Gasteiger partial charge in [0, 0.05) is 11.3 Å². The molecule has 0 spiro atoms. The summed E-state index contributed by atoms with van der Waals surface area (Å²) in [4.78, 5) is 60.3. The van der Waals surface area contributed by atoms with Gasteiger partial charge >= 0.3 is 11.9 Å². The van der Waals surface area contributed by atoms with E-state index in [4.69, 9.17) is 9.47 Å². The average molecular weight is 525 g/mol. The molecule has 0 aliphatic heterocycles. The van der Waals surface area contributed by atoms with E-state index in [-0.39, 0.29) is 35.9 Å². The number of amides is 2. The van der Waals surface area contributed by atoms with Crippen LogP contribution in [-0.2, 0) is 23.9 Å². The quantitative estimate of drug-likeness (QED) is 0.141. The number of rotatable bonds is 12. The molecule has 2 aromatic rings. The Balaban J connectivity index is 2.11. The molecule has 0 bridgehead atoms. The number of carbonyl (C=O) groups is 5. The average Bonchev–Trinajstić information content (AvgIpc) is 2.90. The van der Waals surface area contributed by atoms with E-state index in [0.29, 0.717) is 17.0 Å². The first-order chi connectivity index (χ1) is 18.1. The second kappa shape index (κ2) is 14.0. The fourth-order valence-corrected chi connectivity index (χ4v) is 2.91. The summed E-state index contributed by atoms with van der Waals surface area (Å²) >= 11 is 0. The largest absolute Gasteiger partial charge is 0.492 e. The second-order valence-electron chi connectivity index (χ2n) is 7.84. The lowest BCUT2D eigenvalue weighted by Gasteiger charge is -2.11. The normalized spacial score (nSPS) is 11.3. The standard InChI is InChI=1S/C26H28N4O8/c1-15(2)23(32)27-12-13-38-19-9-7-18(8-10-19)28-24(33)22(16(3)31)30-29-21-14-17(25(34)36-4)6-11-20(21)26(35)37-5/h6-11,14,22H,1,12-13H2,2-5H3,(H,27,32)(H,28,33). The number of Topliss-reactive ketones (excluding diaryl/α,β-unsaturated/α-hetero) is 1. The van der Waals surface area contributed by atoms with Crippen LogP contribution in [-0.4, -0.2) is 62.9 Å². The first-order valence-electron chi connectivity index (χ1n) is 11.3. The first kappa shape index (κ1) is 29.4. The minimum absolute atomic E-state index is 0.0265. The summed E-state index contributed by atoms with van der Waals surface area (Å²) in [5.41, 5.74) is 0.731. The predicted molar refractivity (Wildman–Crippen MR) is 136 cm³/mol. The van der Waals surface area contributed by atoms with Crippen LogP contribution >= 0.6 is 0 Å². The summed E-state index contributed by atoms with van der Waals surface area (Å²) in [6.45, 7) is 6.82. The fraction of sp³-hybridized carbons (Fsp3) is 0.269. The molecular formula is C26H28N4O8. The first-order valence-corrected chi connectivity index (χ1v) is 11.3. The van der Waals surface area contributed by atoms with Crippen LogP contribution in [0.25, 0.3) is 0 Å². The number of esters is 2. The molecule has 12 nitrogen and oxygen atoms in total. The van der Waals surface area contributed by atoms with Crippen molar-refractivity contribution >= 4 is 40.9 Å². The van der Waals surface area contributed by atoms with Crippen molar-refractivity contribution < 1.29 is 38.2 Å². The van der Waals surface area contributed by atoms with Gasteiger partial charge in [-0.15, -0.1) is 0 Å². The van der Waals surface area contributed by atoms with Gasteiger partial charge in [0.2, 0.25) is 11.9 Å². The van der Waals surface area contributed by atoms with E-state index in [1.807, 2.05) is 0 Å². The van der Waals surface area contributed by atoms with Crippen molar-refractivity contribution in [2.45, 2.75) is 19.9 Å². The Kier molecular flexibility index (Phi) is 10.8. The number of anilines is 1. The zero-order chi connectivity index (χ0) is 28.2. The lowest BCUT2D eigenvalue weighted by molar-refractivity contribution is -0.126. The van der Waals surface area contributed by atoms with Gasteiger partial charge in [-0.25, -0.2) is 9.59 Å². The number of hydrogen-bond acceptors (Lipinski definition) is 10. The Morgan fingerprint density at radius 1 is 0.947 bits per heavy atom. The third-order valence-electron chi connectivity index (χ3n) is 4.90. The monoisotopic (exact) mass is 524 g/mol. The number of benzene rings is 2. The van der Waals surface area contributed by atoms with Crippen molar-refractivity contribution in [3.8, 4) is 5.75 Å². The molecule has 2 rings (SSSR count). The van der Waals surface area contributed by atoms with Gasteiger partial charge in [-0.2, -0.15) is 10.2 Å². The lowest BCUT2D eigenvalue weighted by Crippen LogP contribution is -2.31. The van der Waals surface area contributed by atoms with Gasteiger partial charge in [0.1, 0.15) is 18.0 Å². The Morgan fingerprint density at radius 2 is 1.61 bits per heavy atom. The molecule has 0 saturated heterocycles. The van der Waals surface area contributed by atoms with Crippen LogP contribution in [0, 0.1) is 0 Å². The number of nitrogens with zero attached hydrogens (tertiary/aromatic N) is 2. The highest BCUT2D eigenvalue weighted by Gasteiger charge is 2.24. The van der Waals surface area contributed by atoms with Crippen LogP contribution in [0.4, 0.5) is 11.4 Å². The maximum absolute atomic E-state index is 12.8. The second-order valence-corrected chi connectivity index (χ2v) is 7.84. The highest BCUT2D eigenvalue weighted by Crippen LogP contribution is 2.24. The zero-order valence-corrected chi connectivity index (χ0v) is 21.4. The molecule has 12 heteroatoms. The number of ketones is 1. The summed E-state index contributed by atoms with van der Waals surface area (Å²) in [6.07, 6.45) is 0. The minimum Gasteiger partial charge on any atom is -0.492 e. The Bertz CT molecular complexity index is 1250. The van der Waals surface area contributed by atoms with E-state index in [2.05, 4.69) is 32.2 Å². The van der Waals surface area contributed by atoms with E-state index in [9.17, 15) is 24.0 Å². The smallest absolute Gasteiger partial charge is 0.340 e. The van der Waals surface area contributed by atoms with Crippen molar-refractivity contribution in [1.82, 2.24) is 5.32 Å². The van der Waals surface area contributed by atoms with Crippen LogP contribution in [0.15, 0.2) is 64.8 Å². The van der Waals surface area contributed by atoms with Gasteiger partial charge in [0.25, 0.3) is 5.91 Å². The predicted octanol–water partition coefficient (Wildman–Crippen LogP) is 3.01. The zero-order valence-electron chi connectivity index (χ0n) is 21.4. The van der Waals surface area contributed by atoms with Crippen molar-refractivity contribution in [3.05, 3.63) is 65.7 Å². The number of hydrogen-bond donors (Lipinski definition) is 2. The summed E-state index contributed by atoms with van der Waals surface area (Å²) in [5, 5.41) is 12.9. The van der Waals surface area contributed by atoms with Gasteiger partial charge in [-0.05, 0) is 56.3 Å². The van der Waals surface area contributed by atoms with Gasteiger partial charge in [0.15, 0.2) is 5.78 Å². The van der Waals surface area contributed by atoms with E-state index < -0.39 is 29.7 Å². The summed E-state index contributed by atoms with van der Waals surface area (Å²) in [6, 6.07) is 8.66. The third kappa shape index (κ3) is 8.36. The summed E-state index contributed by atoms with van der Waals surface area (Å²) in [5.74, 6) is -2.56. The van der Waals surface area contributed by atoms with Crippen molar-refractivity contribution in [2.24, 2.45) is 10.2 Å². The van der Waals surface area contributed by atoms with Gasteiger partial charge in [-0.3, -0.25) is 14.4 Å². The molecule has 2 N–H and O–H groups in total. The maximum atomic E-state index is 12.8. The molecule has 0 aliphatic carbocycles. The number of nitrogens with one attached hydrogen (secondary N) is 2. The fourth-order valence-electron chi connectivity index (χ4n) is 2.91. The van der Waals surface area contributed by atoms with E-state index in [1.165, 1.54) is 39.3 Å². The third-order valence-corrected chi connectivity index (χ3v) is 4.90. The molecule has 2 aromatic carbocycles. The SMILES string of the molecule is C=C(C)C(=O)NCCOc1ccc(NC(=O)C(N=Nc2cc(C(=O)OC)ccc2C(=O)OC)C(C)=O)cc1. The van der Waals surface area contributed by atoms with E-state index in [1.54, 1.807) is 31.2 Å². The summed E-state index contributed by atoms with van der Waals surface area (Å²) < 4.78 is 14.9. The van der Waals surface area contributed by atoms with Crippen LogP contribution in [0.3, 0.4) is 0 Å². The highest BCUT2D eigenvalue weighted by atomic mass is 16.5. The Hall–Kier alpha value is -4.87. The molecule has 38 heavy (non-hydrogen) atoms. The molecular weight excluding hydrogens is 496 g/mol. The van der Waals surface area contributed by atoms with Gasteiger partial charge in [0.05, 0.1) is 31.9 Å². The Labute approximate surface area is 219 Å². The van der Waals surface area contributed by atoms with Crippen LogP contribution in [0.2, 0.25) is 0 Å². The number of carbonyl (C=O) groups excluding carboxylic acids is 5. The van der Waals surface area contributed by atoms with Crippen molar-refractivity contribution in [3.63, 3.8) is 0 Å². The topological polar surface area (TPSA) is 162 Å². The molecule has 0 aliphatic rings. The van der Waals surface area contributed by atoms with Crippen LogP contribution in [0.1, 0.15) is 34.6 Å².